The summed E-state index contributed by atoms with van der Waals surface area (Å²) in [5.74, 6) is -0.126. The first-order valence-electron chi connectivity index (χ1n) is 6.78. The minimum Gasteiger partial charge on any atom is -0.462 e. The van der Waals surface area contributed by atoms with Crippen LogP contribution in [0.15, 0.2) is 4.42 Å². The van der Waals surface area contributed by atoms with Gasteiger partial charge in [-0.2, -0.15) is 0 Å². The minimum absolute atomic E-state index is 0.0426. The summed E-state index contributed by atoms with van der Waals surface area (Å²) < 4.78 is 10.2. The van der Waals surface area contributed by atoms with Crippen LogP contribution in [0.1, 0.15) is 39.5 Å². The number of aromatic nitrogens is 2. The number of aryl methyl sites for hydroxylation is 2. The highest BCUT2D eigenvalue weighted by atomic mass is 32.1. The number of amides is 1. The van der Waals surface area contributed by atoms with Crippen molar-refractivity contribution in [3.63, 3.8) is 0 Å². The maximum atomic E-state index is 12.1. The molecule has 0 aliphatic heterocycles. The summed E-state index contributed by atoms with van der Waals surface area (Å²) >= 11 is 1.34. The van der Waals surface area contributed by atoms with Crippen molar-refractivity contribution in [2.24, 2.45) is 0 Å². The third-order valence-corrected chi connectivity index (χ3v) is 4.12. The summed E-state index contributed by atoms with van der Waals surface area (Å²) in [7, 11) is 0. The Labute approximate surface area is 131 Å². The number of nitrogens with zero attached hydrogens (tertiary/aromatic N) is 2. The molecule has 0 atom stereocenters. The fraction of sp³-hybridized carbons (Fsp3) is 0.429. The fourth-order valence-electron chi connectivity index (χ4n) is 1.88. The summed E-state index contributed by atoms with van der Waals surface area (Å²) in [6.07, 6.45) is -0.0426. The Morgan fingerprint density at radius 3 is 2.59 bits per heavy atom. The lowest BCUT2D eigenvalue weighted by Gasteiger charge is -2.06. The van der Waals surface area contributed by atoms with Gasteiger partial charge >= 0.3 is 5.97 Å². The lowest BCUT2D eigenvalue weighted by Crippen LogP contribution is -2.16. The van der Waals surface area contributed by atoms with Crippen LogP contribution in [0.4, 0.5) is 5.00 Å². The van der Waals surface area contributed by atoms with Crippen LogP contribution >= 0.6 is 11.3 Å². The number of hydrogen-bond acceptors (Lipinski definition) is 7. The van der Waals surface area contributed by atoms with Gasteiger partial charge in [-0.1, -0.05) is 0 Å². The van der Waals surface area contributed by atoms with Crippen molar-refractivity contribution < 1.29 is 18.7 Å². The summed E-state index contributed by atoms with van der Waals surface area (Å²) in [4.78, 5) is 25.0. The Balaban J connectivity index is 2.16. The number of thiophene rings is 1. The van der Waals surface area contributed by atoms with Crippen molar-refractivity contribution in [2.45, 2.75) is 34.1 Å². The zero-order valence-corrected chi connectivity index (χ0v) is 13.7. The molecule has 0 aliphatic carbocycles. The van der Waals surface area contributed by atoms with Gasteiger partial charge in [0.15, 0.2) is 0 Å². The zero-order chi connectivity index (χ0) is 16.3. The first-order chi connectivity index (χ1) is 10.4. The van der Waals surface area contributed by atoms with E-state index in [4.69, 9.17) is 9.15 Å². The van der Waals surface area contributed by atoms with Gasteiger partial charge in [0.2, 0.25) is 17.7 Å². The molecule has 1 N–H and O–H groups in total. The number of ether oxygens (including phenoxy) is 1. The van der Waals surface area contributed by atoms with Gasteiger partial charge in [0, 0.05) is 11.8 Å². The first kappa shape index (κ1) is 16.2. The number of carbonyl (C=O) groups is 2. The van der Waals surface area contributed by atoms with E-state index in [1.165, 1.54) is 11.3 Å². The Morgan fingerprint density at radius 2 is 2.00 bits per heavy atom. The molecule has 2 aromatic heterocycles. The quantitative estimate of drug-likeness (QED) is 0.849. The smallest absolute Gasteiger partial charge is 0.341 e. The molecule has 2 rings (SSSR count). The minimum atomic E-state index is -0.437. The molecule has 0 bridgehead atoms. The second-order valence-corrected chi connectivity index (χ2v) is 5.87. The summed E-state index contributed by atoms with van der Waals surface area (Å²) in [5.41, 5.74) is 1.21. The maximum absolute atomic E-state index is 12.1. The van der Waals surface area contributed by atoms with Gasteiger partial charge in [-0.25, -0.2) is 4.79 Å². The highest BCUT2D eigenvalue weighted by Gasteiger charge is 2.22. The lowest BCUT2D eigenvalue weighted by atomic mass is 10.1. The monoisotopic (exact) mass is 323 g/mol. The van der Waals surface area contributed by atoms with Gasteiger partial charge in [0.05, 0.1) is 12.2 Å². The molecule has 0 aliphatic rings. The number of hydrogen-bond donors (Lipinski definition) is 1. The molecule has 1 amide bonds. The average molecular weight is 323 g/mol. The van der Waals surface area contributed by atoms with E-state index in [-0.39, 0.29) is 24.8 Å². The zero-order valence-electron chi connectivity index (χ0n) is 12.8. The standard InChI is InChI=1S/C14H17N3O4S/c1-5-20-14(19)12-7(2)8(3)22-13(12)15-10(18)6-11-17-16-9(4)21-11/h5-6H2,1-4H3,(H,15,18). The summed E-state index contributed by atoms with van der Waals surface area (Å²) in [5, 5.41) is 10.6. The number of esters is 1. The molecule has 0 unspecified atom stereocenters. The molecule has 0 fully saturated rings. The van der Waals surface area contributed by atoms with Crippen LogP contribution in [0.3, 0.4) is 0 Å². The predicted octanol–water partition coefficient (Wildman–Crippen LogP) is 2.41. The maximum Gasteiger partial charge on any atom is 0.341 e. The van der Waals surface area contributed by atoms with E-state index in [1.807, 2.05) is 13.8 Å². The van der Waals surface area contributed by atoms with Gasteiger partial charge in [0.1, 0.15) is 11.4 Å². The highest BCUT2D eigenvalue weighted by molar-refractivity contribution is 7.16. The van der Waals surface area contributed by atoms with Gasteiger partial charge in [0.25, 0.3) is 0 Å². The number of nitrogens with one attached hydrogen (secondary N) is 1. The Kier molecular flexibility index (Phi) is 4.92. The molecule has 7 nitrogen and oxygen atoms in total. The predicted molar refractivity (Wildman–Crippen MR) is 81.1 cm³/mol. The molecule has 0 saturated carbocycles. The van der Waals surface area contributed by atoms with E-state index in [2.05, 4.69) is 15.5 Å². The van der Waals surface area contributed by atoms with Crippen LogP contribution in [0.5, 0.6) is 0 Å². The van der Waals surface area contributed by atoms with Crippen molar-refractivity contribution in [3.8, 4) is 0 Å². The normalized spacial score (nSPS) is 10.5. The SMILES string of the molecule is CCOC(=O)c1c(NC(=O)Cc2nnc(C)o2)sc(C)c1C. The fourth-order valence-corrected chi connectivity index (χ4v) is 2.95. The van der Waals surface area contributed by atoms with Crippen LogP contribution in [0, 0.1) is 20.8 Å². The average Bonchev–Trinajstić information content (AvgIpc) is 2.94. The molecular weight excluding hydrogens is 306 g/mol. The molecule has 22 heavy (non-hydrogen) atoms. The van der Waals surface area contributed by atoms with Crippen LogP contribution in [0.25, 0.3) is 0 Å². The highest BCUT2D eigenvalue weighted by Crippen LogP contribution is 2.33. The Bertz CT molecular complexity index is 705. The Morgan fingerprint density at radius 1 is 1.27 bits per heavy atom. The second-order valence-electron chi connectivity index (χ2n) is 4.65. The van der Waals surface area contributed by atoms with Crippen LogP contribution < -0.4 is 5.32 Å². The van der Waals surface area contributed by atoms with Crippen LogP contribution in [0.2, 0.25) is 0 Å². The molecular formula is C14H17N3O4S. The Hall–Kier alpha value is -2.22. The van der Waals surface area contributed by atoms with Crippen molar-refractivity contribution >= 4 is 28.2 Å². The molecule has 0 aromatic carbocycles. The van der Waals surface area contributed by atoms with E-state index in [0.717, 1.165) is 10.4 Å². The molecule has 0 saturated heterocycles. The molecule has 118 valence electrons. The topological polar surface area (TPSA) is 94.3 Å². The van der Waals surface area contributed by atoms with Crippen LogP contribution in [-0.2, 0) is 16.0 Å². The van der Waals surface area contributed by atoms with Gasteiger partial charge < -0.3 is 14.5 Å². The molecule has 2 heterocycles. The van der Waals surface area contributed by atoms with E-state index < -0.39 is 5.97 Å². The van der Waals surface area contributed by atoms with E-state index in [1.54, 1.807) is 13.8 Å². The third-order valence-electron chi connectivity index (χ3n) is 3.00. The van der Waals surface area contributed by atoms with Crippen molar-refractivity contribution in [3.05, 3.63) is 27.8 Å². The second kappa shape index (κ2) is 6.69. The lowest BCUT2D eigenvalue weighted by molar-refractivity contribution is -0.115. The van der Waals surface area contributed by atoms with Crippen molar-refractivity contribution in [2.75, 3.05) is 11.9 Å². The largest absolute Gasteiger partial charge is 0.462 e. The molecule has 0 spiro atoms. The summed E-state index contributed by atoms with van der Waals surface area (Å²) in [6.45, 7) is 7.39. The van der Waals surface area contributed by atoms with Crippen molar-refractivity contribution in [1.29, 1.82) is 0 Å². The number of rotatable bonds is 5. The molecule has 8 heteroatoms. The van der Waals surface area contributed by atoms with Gasteiger partial charge in [-0.3, -0.25) is 4.79 Å². The van der Waals surface area contributed by atoms with Gasteiger partial charge in [-0.15, -0.1) is 21.5 Å². The number of carbonyl (C=O) groups excluding carboxylic acids is 2. The third kappa shape index (κ3) is 3.51. The van der Waals surface area contributed by atoms with Gasteiger partial charge in [-0.05, 0) is 26.3 Å². The van der Waals surface area contributed by atoms with Crippen molar-refractivity contribution in [1.82, 2.24) is 10.2 Å². The first-order valence-corrected chi connectivity index (χ1v) is 7.60. The van der Waals surface area contributed by atoms with Crippen LogP contribution in [-0.4, -0.2) is 28.7 Å². The summed E-state index contributed by atoms with van der Waals surface area (Å²) in [6, 6.07) is 0. The van der Waals surface area contributed by atoms with E-state index in [0.29, 0.717) is 16.5 Å². The van der Waals surface area contributed by atoms with E-state index >= 15 is 0 Å². The number of anilines is 1. The molecule has 0 radical (unpaired) electrons. The van der Waals surface area contributed by atoms with E-state index in [9.17, 15) is 9.59 Å². The molecule has 2 aromatic rings.